The highest BCUT2D eigenvalue weighted by Crippen LogP contribution is 2.26. The number of rotatable bonds is 2. The van der Waals surface area contributed by atoms with E-state index in [1.54, 1.807) is 22.6 Å². The second-order valence-corrected chi connectivity index (χ2v) is 9.10. The highest BCUT2D eigenvalue weighted by Gasteiger charge is 2.33. The molecular formula is C14H20N4O4S2. The monoisotopic (exact) mass is 372 g/mol. The smallest absolute Gasteiger partial charge is 0.257 e. The van der Waals surface area contributed by atoms with Crippen molar-refractivity contribution in [2.45, 2.75) is 18.6 Å². The zero-order valence-electron chi connectivity index (χ0n) is 13.6. The van der Waals surface area contributed by atoms with Crippen LogP contribution in [0.4, 0.5) is 0 Å². The Bertz CT molecular complexity index is 813. The van der Waals surface area contributed by atoms with Gasteiger partial charge in [0.05, 0.1) is 12.2 Å². The predicted octanol–water partition coefficient (Wildman–Crippen LogP) is -0.623. The lowest BCUT2D eigenvalue weighted by Crippen LogP contribution is -2.53. The Morgan fingerprint density at radius 3 is 2.58 bits per heavy atom. The highest BCUT2D eigenvalue weighted by molar-refractivity contribution is 7.99. The second-order valence-electron chi connectivity index (χ2n) is 6.13. The number of nitrogens with zero attached hydrogens (tertiary/aromatic N) is 4. The van der Waals surface area contributed by atoms with Gasteiger partial charge in [-0.3, -0.25) is 14.2 Å². The zero-order valence-corrected chi connectivity index (χ0v) is 15.3. The van der Waals surface area contributed by atoms with E-state index in [1.807, 2.05) is 0 Å². The van der Waals surface area contributed by atoms with Crippen molar-refractivity contribution in [2.24, 2.45) is 5.92 Å². The van der Waals surface area contributed by atoms with Crippen molar-refractivity contribution in [3.63, 3.8) is 0 Å². The van der Waals surface area contributed by atoms with Crippen LogP contribution >= 0.6 is 11.8 Å². The number of thioether (sulfide) groups is 1. The van der Waals surface area contributed by atoms with E-state index >= 15 is 0 Å². The fraction of sp³-hybridized carbons (Fsp3) is 0.643. The Labute approximate surface area is 144 Å². The number of hydrogen-bond donors (Lipinski definition) is 0. The fourth-order valence-corrected chi connectivity index (χ4v) is 4.81. The van der Waals surface area contributed by atoms with Crippen molar-refractivity contribution >= 4 is 27.7 Å². The molecule has 1 amide bonds. The van der Waals surface area contributed by atoms with Crippen LogP contribution in [0.3, 0.4) is 0 Å². The lowest BCUT2D eigenvalue weighted by molar-refractivity contribution is -0.136. The van der Waals surface area contributed by atoms with E-state index < -0.39 is 10.0 Å². The van der Waals surface area contributed by atoms with Crippen LogP contribution in [0.2, 0.25) is 0 Å². The summed E-state index contributed by atoms with van der Waals surface area (Å²) in [5, 5.41) is 0.650. The van der Waals surface area contributed by atoms with Crippen LogP contribution in [0.5, 0.6) is 0 Å². The van der Waals surface area contributed by atoms with Gasteiger partial charge in [0, 0.05) is 50.2 Å². The van der Waals surface area contributed by atoms with Crippen LogP contribution < -0.4 is 5.56 Å². The van der Waals surface area contributed by atoms with E-state index in [0.717, 1.165) is 0 Å². The molecule has 1 aromatic heterocycles. The Balaban J connectivity index is 1.69. The molecule has 0 bridgehead atoms. The van der Waals surface area contributed by atoms with E-state index in [9.17, 15) is 18.0 Å². The van der Waals surface area contributed by atoms with E-state index in [-0.39, 0.29) is 17.4 Å². The molecule has 0 spiro atoms. The standard InChI is InChI=1S/C14H20N4O4S2/c1-10-7-15-14-18(12(10)19)8-11(9-23-14)13(20)16-3-5-17(6-4-16)24(2,21)22/h7,11H,3-6,8-9H2,1-2H3/t11-/m1/s1. The first kappa shape index (κ1) is 17.4. The third-order valence-corrected chi connectivity index (χ3v) is 6.82. The van der Waals surface area contributed by atoms with Crippen LogP contribution in [0, 0.1) is 12.8 Å². The fourth-order valence-electron chi connectivity index (χ4n) is 2.95. The summed E-state index contributed by atoms with van der Waals surface area (Å²) in [4.78, 5) is 30.9. The van der Waals surface area contributed by atoms with E-state index in [0.29, 0.717) is 49.2 Å². The minimum atomic E-state index is -3.21. The Hall–Kier alpha value is -1.39. The van der Waals surface area contributed by atoms with Gasteiger partial charge in [-0.05, 0) is 6.92 Å². The molecule has 1 saturated heterocycles. The Morgan fingerprint density at radius 2 is 1.96 bits per heavy atom. The number of aromatic nitrogens is 2. The first-order valence-corrected chi connectivity index (χ1v) is 10.5. The van der Waals surface area contributed by atoms with Crippen molar-refractivity contribution in [3.05, 3.63) is 22.1 Å². The van der Waals surface area contributed by atoms with Gasteiger partial charge in [0.2, 0.25) is 15.9 Å². The number of piperazine rings is 1. The molecule has 10 heteroatoms. The summed E-state index contributed by atoms with van der Waals surface area (Å²) in [6.07, 6.45) is 2.74. The minimum Gasteiger partial charge on any atom is -0.340 e. The average molecular weight is 372 g/mol. The minimum absolute atomic E-state index is 0.0188. The summed E-state index contributed by atoms with van der Waals surface area (Å²) >= 11 is 1.41. The van der Waals surface area contributed by atoms with E-state index in [2.05, 4.69) is 4.98 Å². The maximum Gasteiger partial charge on any atom is 0.257 e. The van der Waals surface area contributed by atoms with Crippen LogP contribution in [0.15, 0.2) is 16.1 Å². The van der Waals surface area contributed by atoms with Gasteiger partial charge in [0.15, 0.2) is 5.16 Å². The number of sulfonamides is 1. The van der Waals surface area contributed by atoms with Crippen molar-refractivity contribution in [1.29, 1.82) is 0 Å². The first-order valence-electron chi connectivity index (χ1n) is 7.70. The van der Waals surface area contributed by atoms with Crippen molar-refractivity contribution in [1.82, 2.24) is 18.8 Å². The highest BCUT2D eigenvalue weighted by atomic mass is 32.2. The van der Waals surface area contributed by atoms with Crippen LogP contribution in [-0.4, -0.2) is 71.3 Å². The number of amides is 1. The summed E-state index contributed by atoms with van der Waals surface area (Å²) in [5.41, 5.74) is 0.459. The molecule has 0 saturated carbocycles. The number of carbonyl (C=O) groups excluding carboxylic acids is 1. The largest absolute Gasteiger partial charge is 0.340 e. The first-order chi connectivity index (χ1) is 11.3. The molecule has 0 unspecified atom stereocenters. The lowest BCUT2D eigenvalue weighted by atomic mass is 10.1. The average Bonchev–Trinajstić information content (AvgIpc) is 2.57. The predicted molar refractivity (Wildman–Crippen MR) is 90.4 cm³/mol. The maximum atomic E-state index is 12.7. The van der Waals surface area contributed by atoms with Crippen molar-refractivity contribution in [3.8, 4) is 0 Å². The quantitative estimate of drug-likeness (QED) is 0.643. The summed E-state index contributed by atoms with van der Waals surface area (Å²) in [5.74, 6) is 0.281. The van der Waals surface area contributed by atoms with Crippen LogP contribution in [0.1, 0.15) is 5.56 Å². The van der Waals surface area contributed by atoms with Gasteiger partial charge < -0.3 is 4.90 Å². The van der Waals surface area contributed by atoms with Gasteiger partial charge in [-0.1, -0.05) is 11.8 Å². The summed E-state index contributed by atoms with van der Waals surface area (Å²) in [7, 11) is -3.21. The SMILES string of the molecule is Cc1cnc2n(c1=O)C[C@@H](C(=O)N1CCN(S(C)(=O)=O)CC1)CS2. The molecule has 3 rings (SSSR count). The van der Waals surface area contributed by atoms with Crippen molar-refractivity contribution < 1.29 is 13.2 Å². The molecule has 2 aliphatic rings. The summed E-state index contributed by atoms with van der Waals surface area (Å²) < 4.78 is 26.0. The number of hydrogen-bond acceptors (Lipinski definition) is 6. The molecule has 24 heavy (non-hydrogen) atoms. The van der Waals surface area contributed by atoms with E-state index in [4.69, 9.17) is 0 Å². The van der Waals surface area contributed by atoms with Crippen LogP contribution in [-0.2, 0) is 21.4 Å². The topological polar surface area (TPSA) is 92.6 Å². The summed E-state index contributed by atoms with van der Waals surface area (Å²) in [6.45, 7) is 3.47. The molecule has 1 fully saturated rings. The van der Waals surface area contributed by atoms with Gasteiger partial charge in [0.25, 0.3) is 5.56 Å². The molecule has 1 aromatic rings. The maximum absolute atomic E-state index is 12.7. The zero-order chi connectivity index (χ0) is 17.5. The molecule has 0 N–H and O–H groups in total. The van der Waals surface area contributed by atoms with Gasteiger partial charge in [-0.2, -0.15) is 4.31 Å². The van der Waals surface area contributed by atoms with Gasteiger partial charge in [0.1, 0.15) is 0 Å². The normalized spacial score (nSPS) is 22.2. The lowest BCUT2D eigenvalue weighted by Gasteiger charge is -2.36. The molecule has 8 nitrogen and oxygen atoms in total. The Morgan fingerprint density at radius 1 is 1.29 bits per heavy atom. The van der Waals surface area contributed by atoms with Crippen LogP contribution in [0.25, 0.3) is 0 Å². The summed E-state index contributed by atoms with van der Waals surface area (Å²) in [6, 6.07) is 0. The molecule has 2 aliphatic heterocycles. The molecule has 0 aromatic carbocycles. The molecular weight excluding hydrogens is 352 g/mol. The molecule has 3 heterocycles. The van der Waals surface area contributed by atoms with Crippen molar-refractivity contribution in [2.75, 3.05) is 38.2 Å². The molecule has 1 atom stereocenters. The molecule has 132 valence electrons. The Kier molecular flexibility index (Phi) is 4.71. The number of fused-ring (bicyclic) bond motifs is 1. The third kappa shape index (κ3) is 3.35. The van der Waals surface area contributed by atoms with E-state index in [1.165, 1.54) is 22.3 Å². The van der Waals surface area contributed by atoms with Gasteiger partial charge in [-0.25, -0.2) is 13.4 Å². The molecule has 0 aliphatic carbocycles. The number of aryl methyl sites for hydroxylation is 1. The van der Waals surface area contributed by atoms with Gasteiger partial charge >= 0.3 is 0 Å². The van der Waals surface area contributed by atoms with Gasteiger partial charge in [-0.15, -0.1) is 0 Å². The molecule has 0 radical (unpaired) electrons. The second kappa shape index (κ2) is 6.49. The third-order valence-electron chi connectivity index (χ3n) is 4.37. The number of carbonyl (C=O) groups is 1.